The van der Waals surface area contributed by atoms with E-state index in [1.807, 2.05) is 18.2 Å². The van der Waals surface area contributed by atoms with E-state index in [-0.39, 0.29) is 11.3 Å². The van der Waals surface area contributed by atoms with E-state index < -0.39 is 0 Å². The number of thiocarbonyl (C=S) groups is 1. The van der Waals surface area contributed by atoms with Crippen LogP contribution in [-0.4, -0.2) is 26.0 Å². The number of hydrogen-bond donors (Lipinski definition) is 2. The summed E-state index contributed by atoms with van der Waals surface area (Å²) >= 11 is 5.48. The van der Waals surface area contributed by atoms with E-state index in [1.54, 1.807) is 4.80 Å². The molecule has 4 fully saturated rings. The zero-order chi connectivity index (χ0) is 24.7. The van der Waals surface area contributed by atoms with Crippen LogP contribution < -0.4 is 10.6 Å². The third-order valence-corrected chi connectivity index (χ3v) is 8.78. The molecule has 0 radical (unpaired) electrons. The van der Waals surface area contributed by atoms with Gasteiger partial charge in [0.1, 0.15) is 11.0 Å². The number of anilines is 1. The largest absolute Gasteiger partial charge is 0.332 e. The summed E-state index contributed by atoms with van der Waals surface area (Å²) in [5.74, 6) is 2.57. The number of carbonyl (C=O) groups excluding carboxylic acids is 1. The van der Waals surface area contributed by atoms with Gasteiger partial charge in [0, 0.05) is 12.1 Å². The van der Waals surface area contributed by atoms with E-state index in [0.29, 0.717) is 11.5 Å². The van der Waals surface area contributed by atoms with Crippen LogP contribution in [0.3, 0.4) is 0 Å². The predicted molar refractivity (Wildman–Crippen MR) is 147 cm³/mol. The summed E-state index contributed by atoms with van der Waals surface area (Å²) < 4.78 is 0. The zero-order valence-corrected chi connectivity index (χ0v) is 21.8. The van der Waals surface area contributed by atoms with Gasteiger partial charge in [-0.25, -0.2) is 0 Å². The minimum Gasteiger partial charge on any atom is -0.332 e. The number of nitrogens with zero attached hydrogens (tertiary/aromatic N) is 3. The zero-order valence-electron chi connectivity index (χ0n) is 21.0. The molecule has 0 aliphatic heterocycles. The summed E-state index contributed by atoms with van der Waals surface area (Å²) in [6, 6.07) is 14.2. The number of aromatic nitrogens is 3. The fourth-order valence-electron chi connectivity index (χ4n) is 7.46. The molecule has 36 heavy (non-hydrogen) atoms. The van der Waals surface area contributed by atoms with Crippen molar-refractivity contribution in [1.29, 1.82) is 0 Å². The van der Waals surface area contributed by atoms with E-state index >= 15 is 0 Å². The Kier molecular flexibility index (Phi) is 6.28. The monoisotopic (exact) mass is 501 g/mol. The fourth-order valence-corrected chi connectivity index (χ4v) is 7.70. The summed E-state index contributed by atoms with van der Waals surface area (Å²) in [6.07, 6.45) is 11.9. The number of benzene rings is 2. The average molecular weight is 502 g/mol. The normalized spacial score (nSPS) is 26.3. The van der Waals surface area contributed by atoms with Crippen molar-refractivity contribution in [2.75, 3.05) is 5.32 Å². The fraction of sp³-hybridized carbons (Fsp3) is 0.517. The molecule has 2 N–H and O–H groups in total. The van der Waals surface area contributed by atoms with Gasteiger partial charge in [0.2, 0.25) is 5.91 Å². The van der Waals surface area contributed by atoms with Crippen LogP contribution in [0.15, 0.2) is 42.5 Å². The van der Waals surface area contributed by atoms with Crippen molar-refractivity contribution in [2.45, 2.75) is 71.1 Å². The highest BCUT2D eigenvalue weighted by Crippen LogP contribution is 2.61. The first-order chi connectivity index (χ1) is 17.5. The van der Waals surface area contributed by atoms with Crippen LogP contribution in [0.4, 0.5) is 5.69 Å². The number of fused-ring (bicyclic) bond motifs is 1. The summed E-state index contributed by atoms with van der Waals surface area (Å²) in [7, 11) is 0. The number of aryl methyl sites for hydroxylation is 1. The molecule has 3 aromatic rings. The van der Waals surface area contributed by atoms with Crippen LogP contribution in [-0.2, 0) is 11.2 Å². The van der Waals surface area contributed by atoms with Gasteiger partial charge in [-0.3, -0.25) is 4.79 Å². The van der Waals surface area contributed by atoms with Crippen LogP contribution in [0.1, 0.15) is 70.3 Å². The van der Waals surface area contributed by atoms with Gasteiger partial charge >= 0.3 is 0 Å². The quantitative estimate of drug-likeness (QED) is 0.378. The summed E-state index contributed by atoms with van der Waals surface area (Å²) in [6.45, 7) is 2.21. The number of nitrogens with one attached hydrogen (secondary N) is 2. The summed E-state index contributed by atoms with van der Waals surface area (Å²) in [5, 5.41) is 15.7. The van der Waals surface area contributed by atoms with Crippen molar-refractivity contribution in [3.05, 3.63) is 48.0 Å². The number of rotatable bonds is 7. The van der Waals surface area contributed by atoms with Crippen LogP contribution in [0.25, 0.3) is 16.7 Å². The highest BCUT2D eigenvalue weighted by atomic mass is 32.1. The molecule has 1 amide bonds. The van der Waals surface area contributed by atoms with Crippen molar-refractivity contribution < 1.29 is 4.79 Å². The second-order valence-corrected chi connectivity index (χ2v) is 12.0. The molecule has 4 bridgehead atoms. The minimum absolute atomic E-state index is 0.0452. The first kappa shape index (κ1) is 23.6. The smallest absolute Gasteiger partial charge is 0.226 e. The van der Waals surface area contributed by atoms with E-state index in [0.717, 1.165) is 46.6 Å². The molecule has 0 saturated heterocycles. The van der Waals surface area contributed by atoms with Crippen molar-refractivity contribution >= 4 is 40.0 Å². The van der Waals surface area contributed by atoms with Crippen LogP contribution in [0, 0.1) is 23.2 Å². The maximum absolute atomic E-state index is 12.9. The minimum atomic E-state index is 0.0452. The lowest BCUT2D eigenvalue weighted by Gasteiger charge is -2.56. The van der Waals surface area contributed by atoms with Gasteiger partial charge in [-0.15, -0.1) is 10.2 Å². The molecule has 4 saturated carbocycles. The molecule has 4 aliphatic carbocycles. The van der Waals surface area contributed by atoms with Gasteiger partial charge < -0.3 is 10.6 Å². The molecule has 188 valence electrons. The Bertz CT molecular complexity index is 1250. The first-order valence-electron chi connectivity index (χ1n) is 13.5. The van der Waals surface area contributed by atoms with Gasteiger partial charge in [0.25, 0.3) is 0 Å². The van der Waals surface area contributed by atoms with Crippen molar-refractivity contribution in [3.63, 3.8) is 0 Å². The van der Waals surface area contributed by atoms with Gasteiger partial charge in [0.15, 0.2) is 5.11 Å². The Balaban J connectivity index is 1.08. The number of amides is 1. The topological polar surface area (TPSA) is 71.8 Å². The van der Waals surface area contributed by atoms with Gasteiger partial charge in [-0.2, -0.15) is 4.80 Å². The standard InChI is InChI=1S/C29H35N5OS/c1-2-3-4-19-5-8-24(9-6-19)34-32-25-10-7-23(14-26(25)33-34)30-28(36)31-27(35)18-29-15-20-11-21(16-29)13-22(12-20)17-29/h5-10,14,20-22H,2-4,11-13,15-18H2,1H3,(H2,30,31,35,36). The summed E-state index contributed by atoms with van der Waals surface area (Å²) in [5.41, 5.74) is 4.87. The first-order valence-corrected chi connectivity index (χ1v) is 13.9. The van der Waals surface area contributed by atoms with Crippen LogP contribution in [0.2, 0.25) is 0 Å². The Morgan fingerprint density at radius 1 is 1.00 bits per heavy atom. The van der Waals surface area contributed by atoms with Gasteiger partial charge in [-0.05, 0) is 123 Å². The molecule has 7 heteroatoms. The van der Waals surface area contributed by atoms with Crippen LogP contribution >= 0.6 is 12.2 Å². The summed E-state index contributed by atoms with van der Waals surface area (Å²) in [4.78, 5) is 14.6. The van der Waals surface area contributed by atoms with E-state index in [1.165, 1.54) is 56.9 Å². The van der Waals surface area contributed by atoms with Crippen LogP contribution in [0.5, 0.6) is 0 Å². The van der Waals surface area contributed by atoms with E-state index in [4.69, 9.17) is 12.2 Å². The second-order valence-electron chi connectivity index (χ2n) is 11.6. The third kappa shape index (κ3) is 4.90. The number of hydrogen-bond acceptors (Lipinski definition) is 4. The highest BCUT2D eigenvalue weighted by molar-refractivity contribution is 7.80. The Labute approximate surface area is 218 Å². The maximum atomic E-state index is 12.9. The Hall–Kier alpha value is -2.80. The van der Waals surface area contributed by atoms with E-state index in [9.17, 15) is 4.79 Å². The van der Waals surface area contributed by atoms with E-state index in [2.05, 4.69) is 52.0 Å². The van der Waals surface area contributed by atoms with Gasteiger partial charge in [0.05, 0.1) is 5.69 Å². The van der Waals surface area contributed by atoms with Crippen molar-refractivity contribution in [2.24, 2.45) is 23.2 Å². The Morgan fingerprint density at radius 2 is 1.67 bits per heavy atom. The molecule has 7 rings (SSSR count). The molecule has 2 aromatic carbocycles. The number of unbranched alkanes of at least 4 members (excludes halogenated alkanes) is 1. The maximum Gasteiger partial charge on any atom is 0.226 e. The number of carbonyl (C=O) groups is 1. The second kappa shape index (κ2) is 9.58. The molecule has 1 heterocycles. The molecular weight excluding hydrogens is 466 g/mol. The Morgan fingerprint density at radius 3 is 2.33 bits per heavy atom. The molecule has 4 aliphatic rings. The lowest BCUT2D eigenvalue weighted by Crippen LogP contribution is -2.48. The predicted octanol–water partition coefficient (Wildman–Crippen LogP) is 6.18. The van der Waals surface area contributed by atoms with Crippen molar-refractivity contribution in [3.8, 4) is 5.69 Å². The molecule has 0 unspecified atom stereocenters. The third-order valence-electron chi connectivity index (χ3n) is 8.58. The van der Waals surface area contributed by atoms with Crippen molar-refractivity contribution in [1.82, 2.24) is 20.3 Å². The highest BCUT2D eigenvalue weighted by Gasteiger charge is 2.51. The van der Waals surface area contributed by atoms with Gasteiger partial charge in [-0.1, -0.05) is 25.5 Å². The molecular formula is C29H35N5OS. The molecule has 0 atom stereocenters. The SMILES string of the molecule is CCCCc1ccc(-n2nc3ccc(NC(=S)NC(=O)CC45CC6CC(CC(C6)C4)C5)cc3n2)cc1. The lowest BCUT2D eigenvalue weighted by atomic mass is 9.49. The molecule has 6 nitrogen and oxygen atoms in total. The molecule has 0 spiro atoms. The lowest BCUT2D eigenvalue weighted by molar-refractivity contribution is -0.127. The average Bonchev–Trinajstić information content (AvgIpc) is 3.25. The molecule has 1 aromatic heterocycles.